The number of halogens is 2. The molecule has 3 atom stereocenters. The molecule has 3 heteroatoms. The van der Waals surface area contributed by atoms with Crippen molar-refractivity contribution in [3.05, 3.63) is 33.8 Å². The Morgan fingerprint density at radius 1 is 1.20 bits per heavy atom. The van der Waals surface area contributed by atoms with Crippen LogP contribution in [-0.4, -0.2) is 6.54 Å². The first-order valence-corrected chi connectivity index (χ1v) is 8.24. The molecule has 0 aromatic heterocycles. The van der Waals surface area contributed by atoms with Crippen molar-refractivity contribution in [3.63, 3.8) is 0 Å². The summed E-state index contributed by atoms with van der Waals surface area (Å²) in [6.07, 6.45) is 3.61. The molecule has 0 spiro atoms. The van der Waals surface area contributed by atoms with E-state index in [1.54, 1.807) is 0 Å². The molecule has 1 aromatic rings. The van der Waals surface area contributed by atoms with E-state index in [9.17, 15) is 0 Å². The second-order valence-electron chi connectivity index (χ2n) is 7.12. The first-order valence-electron chi connectivity index (χ1n) is 7.48. The van der Waals surface area contributed by atoms with Crippen molar-refractivity contribution in [2.45, 2.75) is 46.0 Å². The van der Waals surface area contributed by atoms with Crippen LogP contribution in [0.1, 0.15) is 51.5 Å². The second kappa shape index (κ2) is 6.25. The van der Waals surface area contributed by atoms with Crippen molar-refractivity contribution in [2.24, 2.45) is 23.0 Å². The van der Waals surface area contributed by atoms with E-state index in [-0.39, 0.29) is 0 Å². The summed E-state index contributed by atoms with van der Waals surface area (Å²) in [6, 6.07) is 5.97. The molecular formula is C17H25Cl2N. The monoisotopic (exact) mass is 313 g/mol. The number of benzene rings is 1. The fraction of sp³-hybridized carbons (Fsp3) is 0.647. The van der Waals surface area contributed by atoms with Gasteiger partial charge in [-0.25, -0.2) is 0 Å². The highest BCUT2D eigenvalue weighted by molar-refractivity contribution is 6.42. The van der Waals surface area contributed by atoms with Gasteiger partial charge in [0.25, 0.3) is 0 Å². The zero-order valence-electron chi connectivity index (χ0n) is 12.6. The Balaban J connectivity index is 2.32. The van der Waals surface area contributed by atoms with Crippen molar-refractivity contribution in [1.82, 2.24) is 0 Å². The Hall–Kier alpha value is -0.240. The summed E-state index contributed by atoms with van der Waals surface area (Å²) in [4.78, 5) is 0. The summed E-state index contributed by atoms with van der Waals surface area (Å²) in [5.74, 6) is 1.67. The Morgan fingerprint density at radius 2 is 1.90 bits per heavy atom. The van der Waals surface area contributed by atoms with Crippen LogP contribution in [0, 0.1) is 17.3 Å². The molecule has 2 N–H and O–H groups in total. The van der Waals surface area contributed by atoms with Gasteiger partial charge in [-0.2, -0.15) is 0 Å². The molecule has 0 heterocycles. The molecule has 1 aromatic carbocycles. The van der Waals surface area contributed by atoms with Gasteiger partial charge in [-0.15, -0.1) is 0 Å². The lowest BCUT2D eigenvalue weighted by molar-refractivity contribution is 0.133. The molecular weight excluding hydrogens is 289 g/mol. The zero-order chi connectivity index (χ0) is 14.9. The third kappa shape index (κ3) is 3.32. The van der Waals surface area contributed by atoms with Crippen LogP contribution in [0.25, 0.3) is 0 Å². The minimum Gasteiger partial charge on any atom is -0.330 e. The van der Waals surface area contributed by atoms with Crippen molar-refractivity contribution < 1.29 is 0 Å². The van der Waals surface area contributed by atoms with Gasteiger partial charge < -0.3 is 5.73 Å². The Kier molecular flexibility index (Phi) is 5.05. The third-order valence-corrected chi connectivity index (χ3v) is 5.74. The molecule has 0 saturated heterocycles. The van der Waals surface area contributed by atoms with Gasteiger partial charge in [0, 0.05) is 0 Å². The molecule has 20 heavy (non-hydrogen) atoms. The maximum atomic E-state index is 6.44. The van der Waals surface area contributed by atoms with Gasteiger partial charge in [-0.05, 0) is 60.6 Å². The lowest BCUT2D eigenvalue weighted by atomic mass is 9.64. The third-order valence-electron chi connectivity index (χ3n) is 4.90. The van der Waals surface area contributed by atoms with Crippen LogP contribution in [-0.2, 0) is 0 Å². The van der Waals surface area contributed by atoms with Crippen molar-refractivity contribution >= 4 is 23.2 Å². The summed E-state index contributed by atoms with van der Waals surface area (Å²) in [7, 11) is 0. The van der Waals surface area contributed by atoms with Gasteiger partial charge in [0.1, 0.15) is 0 Å². The molecule has 1 fully saturated rings. The first-order chi connectivity index (χ1) is 9.34. The maximum Gasteiger partial charge on any atom is 0.0627 e. The Bertz CT molecular complexity index is 465. The fourth-order valence-electron chi connectivity index (χ4n) is 3.49. The molecule has 112 valence electrons. The highest BCUT2D eigenvalue weighted by Crippen LogP contribution is 2.48. The van der Waals surface area contributed by atoms with Gasteiger partial charge in [-0.1, -0.05) is 56.1 Å². The van der Waals surface area contributed by atoms with Crippen LogP contribution in [0.2, 0.25) is 10.0 Å². The van der Waals surface area contributed by atoms with Crippen molar-refractivity contribution in [2.75, 3.05) is 6.54 Å². The van der Waals surface area contributed by atoms with E-state index < -0.39 is 0 Å². The van der Waals surface area contributed by atoms with E-state index in [2.05, 4.69) is 26.8 Å². The average Bonchev–Trinajstić information content (AvgIpc) is 2.40. The molecule has 0 radical (unpaired) electrons. The molecule has 1 aliphatic rings. The summed E-state index contributed by atoms with van der Waals surface area (Å²) in [5.41, 5.74) is 7.52. The van der Waals surface area contributed by atoms with Crippen LogP contribution in [0.3, 0.4) is 0 Å². The maximum absolute atomic E-state index is 6.44. The lowest BCUT2D eigenvalue weighted by Crippen LogP contribution is -2.34. The number of nitrogens with two attached hydrogens (primary N) is 1. The standard InChI is InChI=1S/C17H25Cl2N/c1-17(2,3)12-8-7-11(10-20)14(9-12)13-5-4-6-15(18)16(13)19/h4-6,11-12,14H,7-10,20H2,1-3H3. The summed E-state index contributed by atoms with van der Waals surface area (Å²) in [5, 5.41) is 1.37. The molecule has 3 unspecified atom stereocenters. The Labute approximate surface area is 132 Å². The normalized spacial score (nSPS) is 27.6. The minimum absolute atomic E-state index is 0.336. The molecule has 1 nitrogen and oxygen atoms in total. The summed E-state index contributed by atoms with van der Waals surface area (Å²) < 4.78 is 0. The summed E-state index contributed by atoms with van der Waals surface area (Å²) in [6.45, 7) is 7.72. The van der Waals surface area contributed by atoms with E-state index in [1.807, 2.05) is 12.1 Å². The Morgan fingerprint density at radius 3 is 2.50 bits per heavy atom. The molecule has 1 saturated carbocycles. The van der Waals surface area contributed by atoms with E-state index >= 15 is 0 Å². The number of hydrogen-bond donors (Lipinski definition) is 1. The van der Waals surface area contributed by atoms with E-state index in [1.165, 1.54) is 18.4 Å². The second-order valence-corrected chi connectivity index (χ2v) is 7.91. The van der Waals surface area contributed by atoms with Gasteiger partial charge in [-0.3, -0.25) is 0 Å². The highest BCUT2D eigenvalue weighted by atomic mass is 35.5. The SMILES string of the molecule is CC(C)(C)C1CCC(CN)C(c2cccc(Cl)c2Cl)C1. The van der Waals surface area contributed by atoms with E-state index in [0.717, 1.165) is 13.0 Å². The number of hydrogen-bond acceptors (Lipinski definition) is 1. The fourth-order valence-corrected chi connectivity index (χ4v) is 3.94. The smallest absolute Gasteiger partial charge is 0.0627 e. The van der Waals surface area contributed by atoms with E-state index in [4.69, 9.17) is 28.9 Å². The molecule has 0 aliphatic heterocycles. The van der Waals surface area contributed by atoms with Crippen LogP contribution in [0.4, 0.5) is 0 Å². The van der Waals surface area contributed by atoms with Crippen LogP contribution in [0.15, 0.2) is 18.2 Å². The molecule has 0 amide bonds. The van der Waals surface area contributed by atoms with Gasteiger partial charge in [0.05, 0.1) is 10.0 Å². The lowest BCUT2D eigenvalue weighted by Gasteiger charge is -2.42. The first kappa shape index (κ1) is 16.1. The van der Waals surface area contributed by atoms with Crippen LogP contribution >= 0.6 is 23.2 Å². The van der Waals surface area contributed by atoms with Gasteiger partial charge in [0.15, 0.2) is 0 Å². The molecule has 0 bridgehead atoms. The quantitative estimate of drug-likeness (QED) is 0.766. The zero-order valence-corrected chi connectivity index (χ0v) is 14.1. The van der Waals surface area contributed by atoms with E-state index in [0.29, 0.717) is 33.2 Å². The van der Waals surface area contributed by atoms with Crippen molar-refractivity contribution in [3.8, 4) is 0 Å². The average molecular weight is 314 g/mol. The predicted octanol–water partition coefficient (Wildman–Crippen LogP) is 5.50. The highest BCUT2D eigenvalue weighted by Gasteiger charge is 2.36. The molecule has 2 rings (SSSR count). The largest absolute Gasteiger partial charge is 0.330 e. The minimum atomic E-state index is 0.336. The van der Waals surface area contributed by atoms with Crippen LogP contribution < -0.4 is 5.73 Å². The number of rotatable bonds is 2. The predicted molar refractivity (Wildman–Crippen MR) is 88.5 cm³/mol. The van der Waals surface area contributed by atoms with Gasteiger partial charge >= 0.3 is 0 Å². The molecule has 1 aliphatic carbocycles. The van der Waals surface area contributed by atoms with Crippen LogP contribution in [0.5, 0.6) is 0 Å². The van der Waals surface area contributed by atoms with Gasteiger partial charge in [0.2, 0.25) is 0 Å². The van der Waals surface area contributed by atoms with Crippen molar-refractivity contribution in [1.29, 1.82) is 0 Å². The summed E-state index contributed by atoms with van der Waals surface area (Å²) >= 11 is 12.6. The topological polar surface area (TPSA) is 26.0 Å².